The molecule has 10 heteroatoms. The van der Waals surface area contributed by atoms with Crippen molar-refractivity contribution in [3.63, 3.8) is 0 Å². The van der Waals surface area contributed by atoms with Gasteiger partial charge in [-0.2, -0.15) is 13.2 Å². The second kappa shape index (κ2) is 8.88. The monoisotopic (exact) mass is 394 g/mol. The Morgan fingerprint density at radius 2 is 2.00 bits per heavy atom. The summed E-state index contributed by atoms with van der Waals surface area (Å²) >= 11 is 0. The summed E-state index contributed by atoms with van der Waals surface area (Å²) in [6.07, 6.45) is -3.54. The summed E-state index contributed by atoms with van der Waals surface area (Å²) in [6.45, 7) is 3.65. The Morgan fingerprint density at radius 3 is 2.69 bits per heavy atom. The first-order chi connectivity index (χ1) is 11.9. The molecule has 2 saturated heterocycles. The van der Waals surface area contributed by atoms with Gasteiger partial charge in [0, 0.05) is 51.4 Å². The molecule has 1 aromatic heterocycles. The SMILES string of the molecule is Cl.O=C(c1cccc(OCC(F)(F)F)n1)N1CCC(N2CCNCC2)C1. The molecule has 6 nitrogen and oxygen atoms in total. The Morgan fingerprint density at radius 1 is 1.27 bits per heavy atom. The highest BCUT2D eigenvalue weighted by Gasteiger charge is 2.32. The van der Waals surface area contributed by atoms with Crippen LogP contribution in [0.3, 0.4) is 0 Å². The van der Waals surface area contributed by atoms with Gasteiger partial charge in [-0.3, -0.25) is 9.69 Å². The molecule has 0 bridgehead atoms. The van der Waals surface area contributed by atoms with E-state index in [1.54, 1.807) is 4.90 Å². The van der Waals surface area contributed by atoms with Crippen LogP contribution in [0.1, 0.15) is 16.9 Å². The van der Waals surface area contributed by atoms with Crippen molar-refractivity contribution in [2.45, 2.75) is 18.6 Å². The lowest BCUT2D eigenvalue weighted by Gasteiger charge is -2.32. The molecule has 146 valence electrons. The zero-order valence-corrected chi connectivity index (χ0v) is 15.0. The minimum absolute atomic E-state index is 0. The molecule has 26 heavy (non-hydrogen) atoms. The van der Waals surface area contributed by atoms with Crippen LogP contribution < -0.4 is 10.1 Å². The van der Waals surface area contributed by atoms with Crippen molar-refractivity contribution >= 4 is 18.3 Å². The highest BCUT2D eigenvalue weighted by Crippen LogP contribution is 2.20. The fraction of sp³-hybridized carbons (Fsp3) is 0.625. The van der Waals surface area contributed by atoms with E-state index >= 15 is 0 Å². The number of halogens is 4. The molecule has 3 rings (SSSR count). The fourth-order valence-electron chi connectivity index (χ4n) is 3.20. The summed E-state index contributed by atoms with van der Waals surface area (Å²) in [5, 5.41) is 3.30. The number of pyridine rings is 1. The van der Waals surface area contributed by atoms with Crippen LogP contribution in [-0.4, -0.2) is 78.8 Å². The van der Waals surface area contributed by atoms with E-state index in [0.717, 1.165) is 32.6 Å². The Labute approximate surface area is 156 Å². The quantitative estimate of drug-likeness (QED) is 0.840. The number of nitrogens with zero attached hydrogens (tertiary/aromatic N) is 3. The molecule has 0 aliphatic carbocycles. The van der Waals surface area contributed by atoms with Gasteiger partial charge in [-0.15, -0.1) is 12.4 Å². The summed E-state index contributed by atoms with van der Waals surface area (Å²) in [7, 11) is 0. The number of nitrogens with one attached hydrogen (secondary N) is 1. The van der Waals surface area contributed by atoms with E-state index in [1.165, 1.54) is 18.2 Å². The first-order valence-corrected chi connectivity index (χ1v) is 8.33. The van der Waals surface area contributed by atoms with E-state index < -0.39 is 12.8 Å². The standard InChI is InChI=1S/C16H21F3N4O2.ClH/c17-16(18,19)11-25-14-3-1-2-13(21-14)15(24)23-7-4-12(10-23)22-8-5-20-6-9-22;/h1-3,12,20H,4-11H2;1H. The molecule has 0 spiro atoms. The van der Waals surface area contributed by atoms with E-state index in [-0.39, 0.29) is 29.9 Å². The number of rotatable bonds is 4. The van der Waals surface area contributed by atoms with Crippen LogP contribution in [0.25, 0.3) is 0 Å². The summed E-state index contributed by atoms with van der Waals surface area (Å²) in [5.74, 6) is -0.462. The second-order valence-corrected chi connectivity index (χ2v) is 6.24. The predicted molar refractivity (Wildman–Crippen MR) is 91.8 cm³/mol. The minimum atomic E-state index is -4.44. The number of alkyl halides is 3. The van der Waals surface area contributed by atoms with Crippen molar-refractivity contribution in [1.29, 1.82) is 0 Å². The highest BCUT2D eigenvalue weighted by molar-refractivity contribution is 5.92. The third-order valence-corrected chi connectivity index (χ3v) is 4.44. The lowest BCUT2D eigenvalue weighted by atomic mass is 10.2. The zero-order chi connectivity index (χ0) is 17.9. The molecule has 1 amide bonds. The van der Waals surface area contributed by atoms with Gasteiger partial charge in [0.25, 0.3) is 5.91 Å². The van der Waals surface area contributed by atoms with Crippen molar-refractivity contribution < 1.29 is 22.7 Å². The van der Waals surface area contributed by atoms with Crippen LogP contribution in [-0.2, 0) is 0 Å². The molecule has 1 atom stereocenters. The Balaban J connectivity index is 0.00000243. The maximum Gasteiger partial charge on any atom is 0.422 e. The molecule has 0 radical (unpaired) electrons. The number of hydrogen-bond donors (Lipinski definition) is 1. The molecule has 1 N–H and O–H groups in total. The predicted octanol–water partition coefficient (Wildman–Crippen LogP) is 1.56. The molecule has 2 aliphatic heterocycles. The van der Waals surface area contributed by atoms with E-state index in [4.69, 9.17) is 0 Å². The van der Waals surface area contributed by atoms with Gasteiger partial charge < -0.3 is 15.0 Å². The Kier molecular flexibility index (Phi) is 7.08. The maximum absolute atomic E-state index is 12.6. The average Bonchev–Trinajstić information content (AvgIpc) is 3.10. The van der Waals surface area contributed by atoms with Crippen LogP contribution >= 0.6 is 12.4 Å². The van der Waals surface area contributed by atoms with E-state index in [2.05, 4.69) is 19.9 Å². The lowest BCUT2D eigenvalue weighted by Crippen LogP contribution is -2.49. The molecular formula is C16H22ClF3N4O2. The van der Waals surface area contributed by atoms with Crippen LogP contribution in [0.15, 0.2) is 18.2 Å². The summed E-state index contributed by atoms with van der Waals surface area (Å²) in [6, 6.07) is 4.63. The van der Waals surface area contributed by atoms with Gasteiger partial charge in [0.15, 0.2) is 6.61 Å². The van der Waals surface area contributed by atoms with E-state index in [1.807, 2.05) is 0 Å². The van der Waals surface area contributed by atoms with Crippen LogP contribution in [0.2, 0.25) is 0 Å². The lowest BCUT2D eigenvalue weighted by molar-refractivity contribution is -0.154. The van der Waals surface area contributed by atoms with Crippen LogP contribution in [0.4, 0.5) is 13.2 Å². The van der Waals surface area contributed by atoms with Gasteiger partial charge in [-0.05, 0) is 12.5 Å². The number of piperazine rings is 1. The molecule has 3 heterocycles. The van der Waals surface area contributed by atoms with Crippen molar-refractivity contribution in [2.24, 2.45) is 0 Å². The summed E-state index contributed by atoms with van der Waals surface area (Å²) in [5.41, 5.74) is 0.112. The largest absolute Gasteiger partial charge is 0.468 e. The molecular weight excluding hydrogens is 373 g/mol. The van der Waals surface area contributed by atoms with Crippen LogP contribution in [0, 0.1) is 0 Å². The van der Waals surface area contributed by atoms with Crippen molar-refractivity contribution in [3.8, 4) is 5.88 Å². The van der Waals surface area contributed by atoms with Gasteiger partial charge in [-0.25, -0.2) is 4.98 Å². The summed E-state index contributed by atoms with van der Waals surface area (Å²) < 4.78 is 41.3. The van der Waals surface area contributed by atoms with Crippen molar-refractivity contribution in [2.75, 3.05) is 45.9 Å². The fourth-order valence-corrected chi connectivity index (χ4v) is 3.20. The summed E-state index contributed by atoms with van der Waals surface area (Å²) in [4.78, 5) is 20.6. The number of ether oxygens (including phenoxy) is 1. The second-order valence-electron chi connectivity index (χ2n) is 6.24. The van der Waals surface area contributed by atoms with Gasteiger partial charge in [0.1, 0.15) is 5.69 Å². The first-order valence-electron chi connectivity index (χ1n) is 8.33. The van der Waals surface area contributed by atoms with Gasteiger partial charge in [0.05, 0.1) is 0 Å². The first kappa shape index (κ1) is 20.7. The van der Waals surface area contributed by atoms with Gasteiger partial charge in [0.2, 0.25) is 5.88 Å². The number of aromatic nitrogens is 1. The Hall–Kier alpha value is -1.58. The molecule has 1 unspecified atom stereocenters. The Bertz CT molecular complexity index is 611. The van der Waals surface area contributed by atoms with E-state index in [9.17, 15) is 18.0 Å². The van der Waals surface area contributed by atoms with Crippen LogP contribution in [0.5, 0.6) is 5.88 Å². The number of likely N-dealkylation sites (tertiary alicyclic amines) is 1. The number of carbonyl (C=O) groups excluding carboxylic acids is 1. The molecule has 0 saturated carbocycles. The molecule has 2 fully saturated rings. The van der Waals surface area contributed by atoms with Gasteiger partial charge >= 0.3 is 6.18 Å². The zero-order valence-electron chi connectivity index (χ0n) is 14.2. The van der Waals surface area contributed by atoms with Crippen molar-refractivity contribution in [1.82, 2.24) is 20.1 Å². The third kappa shape index (κ3) is 5.46. The van der Waals surface area contributed by atoms with Crippen molar-refractivity contribution in [3.05, 3.63) is 23.9 Å². The number of hydrogen-bond acceptors (Lipinski definition) is 5. The number of carbonyl (C=O) groups is 1. The van der Waals surface area contributed by atoms with E-state index in [0.29, 0.717) is 19.1 Å². The normalized spacial score (nSPS) is 21.3. The minimum Gasteiger partial charge on any atom is -0.468 e. The maximum atomic E-state index is 12.6. The number of amides is 1. The average molecular weight is 395 g/mol. The smallest absolute Gasteiger partial charge is 0.422 e. The molecule has 1 aromatic rings. The topological polar surface area (TPSA) is 57.7 Å². The van der Waals surface area contributed by atoms with Gasteiger partial charge in [-0.1, -0.05) is 6.07 Å². The third-order valence-electron chi connectivity index (χ3n) is 4.44. The molecule has 0 aromatic carbocycles. The highest BCUT2D eigenvalue weighted by atomic mass is 35.5. The molecule has 2 aliphatic rings.